The van der Waals surface area contributed by atoms with E-state index in [0.717, 1.165) is 54.0 Å². The van der Waals surface area contributed by atoms with Crippen LogP contribution >= 0.6 is 0 Å². The van der Waals surface area contributed by atoms with Crippen molar-refractivity contribution in [1.29, 1.82) is 0 Å². The number of benzene rings is 1. The Labute approximate surface area is 218 Å². The van der Waals surface area contributed by atoms with Crippen molar-refractivity contribution in [2.75, 3.05) is 18.8 Å². The summed E-state index contributed by atoms with van der Waals surface area (Å²) in [7, 11) is 0. The number of nitrogen functional groups attached to an aromatic ring is 1. The molecular weight excluding hydrogens is 480 g/mol. The van der Waals surface area contributed by atoms with E-state index in [1.807, 2.05) is 59.6 Å². The molecule has 11 heteroatoms. The maximum atomic E-state index is 13.1. The highest BCUT2D eigenvalue weighted by atomic mass is 16.2. The molecule has 0 aliphatic carbocycles. The van der Waals surface area contributed by atoms with Crippen LogP contribution in [0.25, 0.3) is 28.0 Å². The molecule has 7 rings (SSSR count). The normalized spacial score (nSPS) is 21.1. The number of anilines is 1. The largest absolute Gasteiger partial charge is 0.384 e. The predicted octanol–water partition coefficient (Wildman–Crippen LogP) is 2.52. The molecule has 2 fully saturated rings. The maximum absolute atomic E-state index is 13.1. The Morgan fingerprint density at radius 2 is 1.79 bits per heavy atom. The first-order chi connectivity index (χ1) is 18.7. The van der Waals surface area contributed by atoms with Crippen LogP contribution in [-0.2, 0) is 0 Å². The average molecular weight is 507 g/mol. The minimum absolute atomic E-state index is 0.0249. The van der Waals surface area contributed by atoms with E-state index >= 15 is 0 Å². The van der Waals surface area contributed by atoms with E-state index in [9.17, 15) is 4.79 Å². The van der Waals surface area contributed by atoms with Crippen molar-refractivity contribution in [3.8, 4) is 22.4 Å². The molecular formula is C27H26N10O. The Hall–Kier alpha value is -4.64. The molecule has 1 aromatic carbocycles. The van der Waals surface area contributed by atoms with Gasteiger partial charge in [-0.05, 0) is 18.9 Å². The highest BCUT2D eigenvalue weighted by molar-refractivity contribution is 5.91. The van der Waals surface area contributed by atoms with Crippen LogP contribution in [0.1, 0.15) is 35.1 Å². The Morgan fingerprint density at radius 3 is 2.50 bits per heavy atom. The number of piperazine rings is 1. The monoisotopic (exact) mass is 506 g/mol. The standard InChI is InChI=1S/C27H26N10O/c28-24-10-23(18-8-19-12-29-13-20(9-18)36(19)27(38)25-31-15-32-35-25)34-26-21(14-33-37(24)26)17-6-7-22(30-11-17)16-4-2-1-3-5-16/h1-7,10-11,14-15,18-20,29H,8-9,12-13,28H2,(H,31,32,35). The van der Waals surface area contributed by atoms with Crippen molar-refractivity contribution in [2.24, 2.45) is 0 Å². The number of rotatable bonds is 4. The van der Waals surface area contributed by atoms with Crippen molar-refractivity contribution in [1.82, 2.24) is 45.0 Å². The summed E-state index contributed by atoms with van der Waals surface area (Å²) in [5.74, 6) is 0.776. The lowest BCUT2D eigenvalue weighted by atomic mass is 9.81. The van der Waals surface area contributed by atoms with E-state index in [4.69, 9.17) is 10.7 Å². The smallest absolute Gasteiger partial charge is 0.294 e. The summed E-state index contributed by atoms with van der Waals surface area (Å²) in [6.07, 6.45) is 6.63. The van der Waals surface area contributed by atoms with Crippen molar-refractivity contribution in [3.63, 3.8) is 0 Å². The second-order valence-corrected chi connectivity index (χ2v) is 9.87. The number of hydrogen-bond acceptors (Lipinski definition) is 8. The molecule has 4 N–H and O–H groups in total. The zero-order valence-corrected chi connectivity index (χ0v) is 20.5. The molecule has 190 valence electrons. The van der Waals surface area contributed by atoms with E-state index in [2.05, 4.69) is 30.6 Å². The lowest BCUT2D eigenvalue weighted by molar-refractivity contribution is 0.0282. The zero-order chi connectivity index (χ0) is 25.6. The number of nitrogens with two attached hydrogens (primary N) is 1. The first-order valence-corrected chi connectivity index (χ1v) is 12.7. The molecule has 0 saturated carbocycles. The summed E-state index contributed by atoms with van der Waals surface area (Å²) >= 11 is 0. The number of nitrogens with one attached hydrogen (secondary N) is 2. The molecule has 2 aliphatic heterocycles. The topological polar surface area (TPSA) is 143 Å². The first kappa shape index (κ1) is 22.5. The molecule has 1 amide bonds. The fourth-order valence-electron chi connectivity index (χ4n) is 5.81. The van der Waals surface area contributed by atoms with Gasteiger partial charge in [-0.1, -0.05) is 36.4 Å². The Balaban J connectivity index is 1.20. The number of nitrogens with zero attached hydrogens (tertiary/aromatic N) is 7. The Morgan fingerprint density at radius 1 is 0.974 bits per heavy atom. The predicted molar refractivity (Wildman–Crippen MR) is 141 cm³/mol. The fourth-order valence-corrected chi connectivity index (χ4v) is 5.81. The van der Waals surface area contributed by atoms with E-state index in [-0.39, 0.29) is 29.7 Å². The minimum Gasteiger partial charge on any atom is -0.384 e. The number of fused-ring (bicyclic) bond motifs is 3. The van der Waals surface area contributed by atoms with Crippen molar-refractivity contribution in [3.05, 3.63) is 78.8 Å². The zero-order valence-electron chi connectivity index (χ0n) is 20.5. The molecule has 5 aromatic rings. The summed E-state index contributed by atoms with van der Waals surface area (Å²) in [5.41, 5.74) is 11.9. The number of carbonyl (C=O) groups is 1. The number of aromatic nitrogens is 7. The lowest BCUT2D eigenvalue weighted by Crippen LogP contribution is -2.62. The van der Waals surface area contributed by atoms with Crippen LogP contribution < -0.4 is 11.1 Å². The van der Waals surface area contributed by atoms with Crippen LogP contribution in [0.15, 0.2) is 67.3 Å². The molecule has 11 nitrogen and oxygen atoms in total. The van der Waals surface area contributed by atoms with Crippen LogP contribution in [-0.4, -0.2) is 70.7 Å². The van der Waals surface area contributed by atoms with Gasteiger partial charge in [-0.15, -0.1) is 5.10 Å². The number of pyridine rings is 1. The molecule has 2 saturated heterocycles. The van der Waals surface area contributed by atoms with E-state index in [1.54, 1.807) is 10.7 Å². The third-order valence-electron chi connectivity index (χ3n) is 7.58. The van der Waals surface area contributed by atoms with Gasteiger partial charge in [0, 0.05) is 65.7 Å². The fraction of sp³-hybridized carbons (Fsp3) is 0.259. The van der Waals surface area contributed by atoms with Gasteiger partial charge in [0.05, 0.1) is 11.9 Å². The van der Waals surface area contributed by atoms with Crippen LogP contribution in [0.5, 0.6) is 0 Å². The summed E-state index contributed by atoms with van der Waals surface area (Å²) in [5, 5.41) is 14.6. The lowest BCUT2D eigenvalue weighted by Gasteiger charge is -2.48. The van der Waals surface area contributed by atoms with Gasteiger partial charge in [0.2, 0.25) is 5.82 Å². The quantitative estimate of drug-likeness (QED) is 0.337. The van der Waals surface area contributed by atoms with Gasteiger partial charge in [0.15, 0.2) is 5.65 Å². The molecule has 0 spiro atoms. The maximum Gasteiger partial charge on any atom is 0.294 e. The second kappa shape index (κ2) is 9.03. The number of hydrogen-bond donors (Lipinski definition) is 3. The van der Waals surface area contributed by atoms with Gasteiger partial charge >= 0.3 is 0 Å². The third-order valence-corrected chi connectivity index (χ3v) is 7.58. The second-order valence-electron chi connectivity index (χ2n) is 9.87. The van der Waals surface area contributed by atoms with Crippen molar-refractivity contribution in [2.45, 2.75) is 30.8 Å². The molecule has 4 aromatic heterocycles. The molecule has 2 aliphatic rings. The van der Waals surface area contributed by atoms with Crippen molar-refractivity contribution < 1.29 is 4.79 Å². The minimum atomic E-state index is -0.131. The molecule has 6 heterocycles. The van der Waals surface area contributed by atoms with Crippen LogP contribution in [0.4, 0.5) is 5.82 Å². The Kier molecular flexibility index (Phi) is 5.36. The summed E-state index contributed by atoms with van der Waals surface area (Å²) < 4.78 is 1.67. The molecule has 38 heavy (non-hydrogen) atoms. The average Bonchev–Trinajstić information content (AvgIpc) is 3.64. The molecule has 0 radical (unpaired) electrons. The number of carbonyl (C=O) groups excluding carboxylic acids is 1. The molecule has 2 atom stereocenters. The molecule has 2 unspecified atom stereocenters. The van der Waals surface area contributed by atoms with Gasteiger partial charge in [-0.3, -0.25) is 14.9 Å². The number of piperidine rings is 1. The summed E-state index contributed by atoms with van der Waals surface area (Å²) in [6.45, 7) is 1.44. The van der Waals surface area contributed by atoms with Gasteiger partial charge in [0.1, 0.15) is 12.1 Å². The van der Waals surface area contributed by atoms with Crippen LogP contribution in [0.3, 0.4) is 0 Å². The highest BCUT2D eigenvalue weighted by Gasteiger charge is 2.43. The third kappa shape index (κ3) is 3.79. The van der Waals surface area contributed by atoms with Crippen LogP contribution in [0, 0.1) is 0 Å². The Bertz CT molecular complexity index is 1580. The van der Waals surface area contributed by atoms with Gasteiger partial charge in [-0.25, -0.2) is 9.97 Å². The van der Waals surface area contributed by atoms with E-state index in [1.165, 1.54) is 6.33 Å². The van der Waals surface area contributed by atoms with Crippen LogP contribution in [0.2, 0.25) is 0 Å². The van der Waals surface area contributed by atoms with Gasteiger partial charge in [-0.2, -0.15) is 9.61 Å². The van der Waals surface area contributed by atoms with E-state index in [0.29, 0.717) is 11.5 Å². The van der Waals surface area contributed by atoms with Gasteiger partial charge in [0.25, 0.3) is 5.91 Å². The number of amides is 1. The summed E-state index contributed by atoms with van der Waals surface area (Å²) in [6, 6.07) is 16.1. The number of H-pyrrole nitrogens is 1. The number of aromatic amines is 1. The summed E-state index contributed by atoms with van der Waals surface area (Å²) in [4.78, 5) is 28.9. The van der Waals surface area contributed by atoms with Crippen molar-refractivity contribution >= 4 is 17.4 Å². The van der Waals surface area contributed by atoms with Gasteiger partial charge < -0.3 is 16.0 Å². The van der Waals surface area contributed by atoms with E-state index < -0.39 is 0 Å². The SMILES string of the molecule is Nc1cc(C2CC3CNCC(C2)N3C(=O)c2nc[nH]n2)nc2c(-c3ccc(-c4ccccc4)nc3)cnn12. The first-order valence-electron chi connectivity index (χ1n) is 12.7. The highest BCUT2D eigenvalue weighted by Crippen LogP contribution is 2.38. The molecule has 2 bridgehead atoms.